The zero-order chi connectivity index (χ0) is 7.65. The third-order valence-electron chi connectivity index (χ3n) is 0.534. The van der Waals surface area contributed by atoms with Crippen molar-refractivity contribution in [2.75, 3.05) is 0 Å². The van der Waals surface area contributed by atoms with Crippen LogP contribution in [0.1, 0.15) is 0 Å². The number of hydrogen-bond acceptors (Lipinski definition) is 0. The van der Waals surface area contributed by atoms with Crippen LogP contribution in [-0.2, 0) is 0 Å². The van der Waals surface area contributed by atoms with Crippen molar-refractivity contribution in [1.82, 2.24) is 0 Å². The summed E-state index contributed by atoms with van der Waals surface area (Å²) in [4.78, 5) is 0. The molecule has 0 aromatic heterocycles. The molecule has 0 N–H and O–H groups in total. The molecule has 9 heavy (non-hydrogen) atoms. The monoisotopic (exact) mass is 368 g/mol. The minimum atomic E-state index is -4.70. The van der Waals surface area contributed by atoms with Crippen LogP contribution in [0.4, 0.5) is 17.6 Å². The Morgan fingerprint density at radius 2 is 1.44 bits per heavy atom. The van der Waals surface area contributed by atoms with Crippen LogP contribution >= 0.6 is 45.2 Å². The summed E-state index contributed by atoms with van der Waals surface area (Å²) in [5, 5.41) is 0. The van der Waals surface area contributed by atoms with Crippen LogP contribution in [0.15, 0.2) is 0 Å². The number of hydrogen-bond donors (Lipinski definition) is 0. The first-order valence-electron chi connectivity index (χ1n) is 1.84. The minimum Gasteiger partial charge on any atom is -0.235 e. The van der Waals surface area contributed by atoms with Crippen molar-refractivity contribution in [2.24, 2.45) is 0 Å². The fraction of sp³-hybridized carbons (Fsp3) is 1.00. The molecule has 6 heteroatoms. The highest BCUT2D eigenvalue weighted by Gasteiger charge is 2.43. The fourth-order valence-electron chi connectivity index (χ4n) is 0.143. The number of alkyl halides is 6. The van der Waals surface area contributed by atoms with E-state index in [1.54, 1.807) is 0 Å². The van der Waals surface area contributed by atoms with E-state index in [0.717, 1.165) is 0 Å². The molecule has 0 aliphatic carbocycles. The van der Waals surface area contributed by atoms with E-state index < -0.39 is 14.3 Å². The maximum atomic E-state index is 11.9. The zero-order valence-electron chi connectivity index (χ0n) is 3.92. The average molecular weight is 368 g/mol. The largest absolute Gasteiger partial charge is 0.421 e. The molecule has 0 nitrogen and oxygen atoms in total. The van der Waals surface area contributed by atoms with Gasteiger partial charge in [-0.3, -0.25) is 0 Å². The Morgan fingerprint density at radius 1 is 1.11 bits per heavy atom. The lowest BCUT2D eigenvalue weighted by Gasteiger charge is -2.12. The van der Waals surface area contributed by atoms with Gasteiger partial charge in [0.1, 0.15) is 1.93 Å². The van der Waals surface area contributed by atoms with E-state index in [4.69, 9.17) is 0 Å². The summed E-state index contributed by atoms with van der Waals surface area (Å²) in [5.41, 5.74) is 0. The van der Waals surface area contributed by atoms with Crippen LogP contribution < -0.4 is 0 Å². The number of halogens is 6. The second-order valence-electron chi connectivity index (χ2n) is 1.28. The summed E-state index contributed by atoms with van der Waals surface area (Å²) in [6.45, 7) is 0. The molecule has 0 saturated carbocycles. The van der Waals surface area contributed by atoms with Gasteiger partial charge in [0, 0.05) is 0 Å². The van der Waals surface area contributed by atoms with Gasteiger partial charge in [-0.2, -0.15) is 13.2 Å². The standard InChI is InChI=1S/C3H2F4I2/c4-1(2(8)9)3(5,6)7/h1-2H. The van der Waals surface area contributed by atoms with Gasteiger partial charge in [0.2, 0.25) is 6.17 Å². The van der Waals surface area contributed by atoms with Crippen molar-refractivity contribution < 1.29 is 17.6 Å². The molecule has 0 aliphatic rings. The predicted molar refractivity (Wildman–Crippen MR) is 42.8 cm³/mol. The summed E-state index contributed by atoms with van der Waals surface area (Å²) in [6.07, 6.45) is -7.41. The molecule has 0 fully saturated rings. The van der Waals surface area contributed by atoms with Gasteiger partial charge in [-0.1, -0.05) is 45.2 Å². The third-order valence-corrected chi connectivity index (χ3v) is 1.80. The molecule has 0 amide bonds. The highest BCUT2D eigenvalue weighted by molar-refractivity contribution is 14.2. The molecule has 0 radical (unpaired) electrons. The van der Waals surface area contributed by atoms with Crippen molar-refractivity contribution in [2.45, 2.75) is 14.3 Å². The summed E-state index contributed by atoms with van der Waals surface area (Å²) in [5.74, 6) is 0. The highest BCUT2D eigenvalue weighted by atomic mass is 127. The van der Waals surface area contributed by atoms with Crippen molar-refractivity contribution in [3.63, 3.8) is 0 Å². The van der Waals surface area contributed by atoms with Crippen LogP contribution in [0.3, 0.4) is 0 Å². The van der Waals surface area contributed by atoms with Crippen molar-refractivity contribution in [1.29, 1.82) is 0 Å². The Bertz CT molecular complexity index is 88.3. The molecule has 0 aromatic carbocycles. The Labute approximate surface area is 76.7 Å². The Balaban J connectivity index is 3.88. The maximum Gasteiger partial charge on any atom is 0.421 e. The van der Waals surface area contributed by atoms with Gasteiger partial charge < -0.3 is 0 Å². The normalized spacial score (nSPS) is 16.3. The molecular formula is C3H2F4I2. The summed E-state index contributed by atoms with van der Waals surface area (Å²) in [6, 6.07) is 0. The first kappa shape index (κ1) is 10.2. The fourth-order valence-corrected chi connectivity index (χ4v) is 0.958. The highest BCUT2D eigenvalue weighted by Crippen LogP contribution is 2.31. The second-order valence-corrected chi connectivity index (χ2v) is 6.35. The zero-order valence-corrected chi connectivity index (χ0v) is 8.24. The van der Waals surface area contributed by atoms with Gasteiger partial charge in [-0.25, -0.2) is 4.39 Å². The SMILES string of the molecule is FC(C(I)I)C(F)(F)F. The maximum absolute atomic E-state index is 11.9. The van der Waals surface area contributed by atoms with Crippen LogP contribution in [-0.4, -0.2) is 14.3 Å². The van der Waals surface area contributed by atoms with Crippen LogP contribution in [0.5, 0.6) is 0 Å². The van der Waals surface area contributed by atoms with E-state index in [-0.39, 0.29) is 0 Å². The number of rotatable bonds is 1. The van der Waals surface area contributed by atoms with Gasteiger partial charge in [0.05, 0.1) is 0 Å². The molecule has 0 bridgehead atoms. The van der Waals surface area contributed by atoms with E-state index >= 15 is 0 Å². The molecule has 56 valence electrons. The third kappa shape index (κ3) is 3.79. The Morgan fingerprint density at radius 3 is 1.44 bits per heavy atom. The van der Waals surface area contributed by atoms with Gasteiger partial charge >= 0.3 is 6.18 Å². The first-order chi connectivity index (χ1) is 3.85. The lowest BCUT2D eigenvalue weighted by atomic mass is 10.4. The molecule has 0 rings (SSSR count). The molecule has 1 atom stereocenters. The van der Waals surface area contributed by atoms with Gasteiger partial charge in [-0.15, -0.1) is 0 Å². The van der Waals surface area contributed by atoms with Crippen LogP contribution in [0, 0.1) is 0 Å². The van der Waals surface area contributed by atoms with E-state index in [2.05, 4.69) is 0 Å². The topological polar surface area (TPSA) is 0 Å². The van der Waals surface area contributed by atoms with E-state index in [1.807, 2.05) is 0 Å². The van der Waals surface area contributed by atoms with E-state index in [0.29, 0.717) is 0 Å². The van der Waals surface area contributed by atoms with Crippen molar-refractivity contribution >= 4 is 45.2 Å². The van der Waals surface area contributed by atoms with Crippen molar-refractivity contribution in [3.8, 4) is 0 Å². The summed E-state index contributed by atoms with van der Waals surface area (Å²) < 4.78 is 44.8. The van der Waals surface area contributed by atoms with E-state index in [1.165, 1.54) is 45.2 Å². The van der Waals surface area contributed by atoms with Gasteiger partial charge in [0.25, 0.3) is 0 Å². The molecule has 0 saturated heterocycles. The summed E-state index contributed by atoms with van der Waals surface area (Å²) >= 11 is 2.77. The molecule has 0 heterocycles. The minimum absolute atomic E-state index is 1.04. The molecule has 0 aliphatic heterocycles. The average Bonchev–Trinajstić information content (AvgIpc) is 1.62. The summed E-state index contributed by atoms with van der Waals surface area (Å²) in [7, 11) is 0. The van der Waals surface area contributed by atoms with Crippen LogP contribution in [0.25, 0.3) is 0 Å². The first-order valence-corrected chi connectivity index (χ1v) is 4.33. The van der Waals surface area contributed by atoms with Crippen molar-refractivity contribution in [3.05, 3.63) is 0 Å². The molecular weight excluding hydrogens is 366 g/mol. The van der Waals surface area contributed by atoms with Crippen LogP contribution in [0.2, 0.25) is 0 Å². The molecule has 0 spiro atoms. The Kier molecular flexibility index (Phi) is 4.00. The Hall–Kier alpha value is 1.18. The predicted octanol–water partition coefficient (Wildman–Crippen LogP) is 3.08. The smallest absolute Gasteiger partial charge is 0.235 e. The second kappa shape index (κ2) is 3.54. The van der Waals surface area contributed by atoms with Gasteiger partial charge in [-0.05, 0) is 0 Å². The molecule has 1 unspecified atom stereocenters. The lowest BCUT2D eigenvalue weighted by Crippen LogP contribution is -2.29. The molecule has 0 aromatic rings. The van der Waals surface area contributed by atoms with Gasteiger partial charge in [0.15, 0.2) is 0 Å². The lowest BCUT2D eigenvalue weighted by molar-refractivity contribution is -0.173. The van der Waals surface area contributed by atoms with E-state index in [9.17, 15) is 17.6 Å². The quantitative estimate of drug-likeness (QED) is 0.379.